The van der Waals surface area contributed by atoms with Gasteiger partial charge in [-0.3, -0.25) is 10.1 Å². The van der Waals surface area contributed by atoms with Crippen LogP contribution in [0.15, 0.2) is 36.5 Å². The van der Waals surface area contributed by atoms with Gasteiger partial charge in [-0.25, -0.2) is 4.73 Å². The molecule has 0 saturated heterocycles. The van der Waals surface area contributed by atoms with Crippen LogP contribution in [-0.2, 0) is 6.54 Å². The van der Waals surface area contributed by atoms with Crippen LogP contribution >= 0.6 is 23.2 Å². The maximum Gasteiger partial charge on any atom is 0.279 e. The van der Waals surface area contributed by atoms with Crippen LogP contribution in [0, 0.1) is 5.21 Å². The fraction of sp³-hybridized carbons (Fsp3) is 0.0769. The third-order valence-electron chi connectivity index (χ3n) is 2.69. The van der Waals surface area contributed by atoms with Crippen LogP contribution < -0.4 is 15.8 Å². The molecule has 0 aliphatic carbocycles. The van der Waals surface area contributed by atoms with E-state index in [0.29, 0.717) is 16.3 Å². The highest BCUT2D eigenvalue weighted by molar-refractivity contribution is 6.33. The van der Waals surface area contributed by atoms with Gasteiger partial charge in [0.1, 0.15) is 12.7 Å². The van der Waals surface area contributed by atoms with Crippen molar-refractivity contribution in [3.8, 4) is 0 Å². The zero-order chi connectivity index (χ0) is 14.7. The lowest BCUT2D eigenvalue weighted by molar-refractivity contribution is -0.590. The number of anilines is 1. The number of halogens is 2. The Kier molecular flexibility index (Phi) is 4.32. The minimum absolute atomic E-state index is 0.0232. The van der Waals surface area contributed by atoms with Crippen molar-refractivity contribution in [3.63, 3.8) is 0 Å². The van der Waals surface area contributed by atoms with Crippen LogP contribution in [0.3, 0.4) is 0 Å². The first-order chi connectivity index (χ1) is 9.49. The number of hydrogen-bond donors (Lipinski definition) is 2. The van der Waals surface area contributed by atoms with Gasteiger partial charge in [0.2, 0.25) is 0 Å². The van der Waals surface area contributed by atoms with Crippen LogP contribution in [0.25, 0.3) is 0 Å². The molecule has 2 rings (SSSR count). The van der Waals surface area contributed by atoms with E-state index >= 15 is 0 Å². The van der Waals surface area contributed by atoms with Crippen LogP contribution in [0.4, 0.5) is 5.82 Å². The first-order valence-electron chi connectivity index (χ1n) is 5.69. The van der Waals surface area contributed by atoms with Crippen molar-refractivity contribution in [2.75, 3.05) is 5.32 Å². The molecule has 1 amide bonds. The molecule has 0 aliphatic heterocycles. The predicted molar refractivity (Wildman–Crippen MR) is 77.7 cm³/mol. The lowest BCUT2D eigenvalue weighted by Gasteiger charge is -2.11. The van der Waals surface area contributed by atoms with Crippen molar-refractivity contribution >= 4 is 34.9 Å². The number of primary amides is 1. The van der Waals surface area contributed by atoms with Crippen molar-refractivity contribution in [2.45, 2.75) is 6.54 Å². The second kappa shape index (κ2) is 5.98. The van der Waals surface area contributed by atoms with E-state index in [0.717, 1.165) is 11.8 Å². The van der Waals surface area contributed by atoms with Gasteiger partial charge in [-0.15, -0.1) is 0 Å². The number of rotatable bonds is 4. The Morgan fingerprint density at radius 2 is 2.00 bits per heavy atom. The topological polar surface area (TPSA) is 82.1 Å². The zero-order valence-electron chi connectivity index (χ0n) is 10.3. The third kappa shape index (κ3) is 3.12. The summed E-state index contributed by atoms with van der Waals surface area (Å²) < 4.78 is 0.503. The Morgan fingerprint density at radius 3 is 2.65 bits per heavy atom. The van der Waals surface area contributed by atoms with Crippen LogP contribution in [0.5, 0.6) is 0 Å². The number of amides is 1. The normalized spacial score (nSPS) is 10.3. The Balaban J connectivity index is 2.21. The van der Waals surface area contributed by atoms with E-state index < -0.39 is 5.91 Å². The molecular weight excluding hydrogens is 301 g/mol. The minimum Gasteiger partial charge on any atom is -0.711 e. The van der Waals surface area contributed by atoms with E-state index in [1.807, 2.05) is 18.2 Å². The maximum atomic E-state index is 11.8. The van der Waals surface area contributed by atoms with Crippen molar-refractivity contribution < 1.29 is 9.52 Å². The van der Waals surface area contributed by atoms with Crippen molar-refractivity contribution in [1.82, 2.24) is 0 Å². The molecule has 1 aromatic heterocycles. The number of pyridine rings is 1. The number of carbonyl (C=O) groups is 1. The molecule has 0 fully saturated rings. The van der Waals surface area contributed by atoms with Gasteiger partial charge < -0.3 is 10.9 Å². The Hall–Kier alpha value is -1.98. The Bertz CT molecular complexity index is 662. The summed E-state index contributed by atoms with van der Waals surface area (Å²) in [6, 6.07) is 8.61. The van der Waals surface area contributed by atoms with Gasteiger partial charge in [-0.05, 0) is 6.07 Å². The summed E-state index contributed by atoms with van der Waals surface area (Å²) in [4.78, 5) is 11.1. The summed E-state index contributed by atoms with van der Waals surface area (Å²) in [5.41, 5.74) is 5.92. The fourth-order valence-corrected chi connectivity index (χ4v) is 2.10. The van der Waals surface area contributed by atoms with E-state index in [-0.39, 0.29) is 16.4 Å². The molecule has 2 aromatic rings. The molecule has 0 saturated carbocycles. The molecule has 0 aliphatic rings. The first kappa shape index (κ1) is 14.4. The predicted octanol–water partition coefficient (Wildman–Crippen LogP) is 2.34. The number of nitrogens with one attached hydrogen (secondary N) is 1. The lowest BCUT2D eigenvalue weighted by atomic mass is 10.2. The lowest BCUT2D eigenvalue weighted by Crippen LogP contribution is -2.32. The molecule has 0 atom stereocenters. The highest BCUT2D eigenvalue weighted by Gasteiger charge is 2.14. The standard InChI is InChI=1S/C13H11Cl2N3O2/c14-10-4-2-1-3-8(10)6-17-12-5-11(15)9(13(16)19)7-18(12)20/h1-5,7,17H,6H2,(H2,16,19). The monoisotopic (exact) mass is 311 g/mol. The van der Waals surface area contributed by atoms with Gasteiger partial charge in [0, 0.05) is 16.7 Å². The second-order valence-electron chi connectivity index (χ2n) is 4.06. The van der Waals surface area contributed by atoms with Crippen LogP contribution in [0.2, 0.25) is 10.0 Å². The molecule has 3 N–H and O–H groups in total. The maximum absolute atomic E-state index is 11.8. The van der Waals surface area contributed by atoms with Crippen LogP contribution in [-0.4, -0.2) is 5.91 Å². The van der Waals surface area contributed by atoms with E-state index in [4.69, 9.17) is 28.9 Å². The Morgan fingerprint density at radius 1 is 1.30 bits per heavy atom. The van der Waals surface area contributed by atoms with Crippen molar-refractivity contribution in [2.24, 2.45) is 5.73 Å². The summed E-state index contributed by atoms with van der Waals surface area (Å²) in [6.07, 6.45) is 1.04. The molecule has 0 radical (unpaired) electrons. The number of benzene rings is 1. The highest BCUT2D eigenvalue weighted by atomic mass is 35.5. The summed E-state index contributed by atoms with van der Waals surface area (Å²) in [7, 11) is 0. The van der Waals surface area contributed by atoms with Gasteiger partial charge in [0.05, 0.1) is 10.6 Å². The summed E-state index contributed by atoms with van der Waals surface area (Å²) in [5, 5.41) is 15.4. The molecule has 0 spiro atoms. The fourth-order valence-electron chi connectivity index (χ4n) is 1.65. The second-order valence-corrected chi connectivity index (χ2v) is 4.87. The summed E-state index contributed by atoms with van der Waals surface area (Å²) in [6.45, 7) is 0.355. The number of hydrogen-bond acceptors (Lipinski definition) is 3. The quantitative estimate of drug-likeness (QED) is 0.671. The average Bonchev–Trinajstić information content (AvgIpc) is 2.40. The summed E-state index contributed by atoms with van der Waals surface area (Å²) in [5.74, 6) is -0.544. The van der Waals surface area contributed by atoms with Gasteiger partial charge in [-0.1, -0.05) is 41.4 Å². The SMILES string of the molecule is NC(=O)c1c[n+]([O-])c(NCc2ccccc2Cl)cc1Cl. The molecule has 1 heterocycles. The van der Waals surface area contributed by atoms with Gasteiger partial charge in [0.15, 0.2) is 0 Å². The van der Waals surface area contributed by atoms with E-state index in [9.17, 15) is 10.0 Å². The molecule has 0 bridgehead atoms. The average molecular weight is 312 g/mol. The molecule has 104 valence electrons. The van der Waals surface area contributed by atoms with E-state index in [1.54, 1.807) is 6.07 Å². The van der Waals surface area contributed by atoms with Gasteiger partial charge in [0.25, 0.3) is 11.7 Å². The molecule has 0 unspecified atom stereocenters. The molecule has 20 heavy (non-hydrogen) atoms. The Labute approximate surface area is 125 Å². The molecule has 5 nitrogen and oxygen atoms in total. The number of aromatic nitrogens is 1. The van der Waals surface area contributed by atoms with E-state index in [1.165, 1.54) is 6.07 Å². The van der Waals surface area contributed by atoms with Crippen LogP contribution in [0.1, 0.15) is 15.9 Å². The molecule has 1 aromatic carbocycles. The number of nitrogens with zero attached hydrogens (tertiary/aromatic N) is 1. The first-order valence-corrected chi connectivity index (χ1v) is 6.44. The summed E-state index contributed by atoms with van der Waals surface area (Å²) >= 11 is 11.9. The molecule has 7 heteroatoms. The zero-order valence-corrected chi connectivity index (χ0v) is 11.8. The van der Waals surface area contributed by atoms with Gasteiger partial charge in [-0.2, -0.15) is 0 Å². The van der Waals surface area contributed by atoms with Crippen molar-refractivity contribution in [3.05, 3.63) is 62.9 Å². The number of carbonyl (C=O) groups excluding carboxylic acids is 1. The highest BCUT2D eigenvalue weighted by Crippen LogP contribution is 2.19. The number of nitrogens with two attached hydrogens (primary N) is 1. The molecular formula is C13H11Cl2N3O2. The smallest absolute Gasteiger partial charge is 0.279 e. The largest absolute Gasteiger partial charge is 0.711 e. The van der Waals surface area contributed by atoms with E-state index in [2.05, 4.69) is 5.32 Å². The van der Waals surface area contributed by atoms with Crippen molar-refractivity contribution in [1.29, 1.82) is 0 Å². The third-order valence-corrected chi connectivity index (χ3v) is 3.37. The minimum atomic E-state index is -0.753. The van der Waals surface area contributed by atoms with Gasteiger partial charge >= 0.3 is 0 Å².